The van der Waals surface area contributed by atoms with Crippen molar-refractivity contribution in [2.45, 2.75) is 19.3 Å². The van der Waals surface area contributed by atoms with Gasteiger partial charge in [-0.3, -0.25) is 0 Å². The molecule has 0 spiro atoms. The second-order valence-electron chi connectivity index (χ2n) is 2.69. The topological polar surface area (TPSA) is 12.0 Å². The Morgan fingerprint density at radius 1 is 1.56 bits per heavy atom. The molecule has 1 atom stereocenters. The summed E-state index contributed by atoms with van der Waals surface area (Å²) in [4.78, 5) is 0. The quantitative estimate of drug-likeness (QED) is 0.572. The molecular weight excluding hydrogens is 225 g/mol. The van der Waals surface area contributed by atoms with Crippen LogP contribution in [0.25, 0.3) is 0 Å². The van der Waals surface area contributed by atoms with E-state index >= 15 is 0 Å². The molecule has 9 heavy (non-hydrogen) atoms. The molecule has 0 aliphatic carbocycles. The highest BCUT2D eigenvalue weighted by atomic mass is 127. The van der Waals surface area contributed by atoms with Crippen molar-refractivity contribution >= 4 is 22.6 Å². The highest BCUT2D eigenvalue weighted by Crippen LogP contribution is 2.14. The zero-order valence-corrected chi connectivity index (χ0v) is 7.86. The Labute approximate surface area is 70.7 Å². The van der Waals surface area contributed by atoms with Crippen LogP contribution in [0.2, 0.25) is 0 Å². The van der Waals surface area contributed by atoms with Crippen molar-refractivity contribution in [3.05, 3.63) is 0 Å². The first-order valence-corrected chi connectivity index (χ1v) is 5.22. The molecule has 0 aromatic carbocycles. The van der Waals surface area contributed by atoms with Gasteiger partial charge in [-0.05, 0) is 42.7 Å². The summed E-state index contributed by atoms with van der Waals surface area (Å²) in [6.45, 7) is 2.51. The molecule has 1 rings (SSSR count). The third-order valence-electron chi connectivity index (χ3n) is 1.92. The monoisotopic (exact) mass is 239 g/mol. The lowest BCUT2D eigenvalue weighted by molar-refractivity contribution is 0.372. The van der Waals surface area contributed by atoms with Gasteiger partial charge in [-0.2, -0.15) is 0 Å². The van der Waals surface area contributed by atoms with Crippen molar-refractivity contribution in [2.24, 2.45) is 5.92 Å². The Kier molecular flexibility index (Phi) is 3.89. The van der Waals surface area contributed by atoms with E-state index in [4.69, 9.17) is 0 Å². The minimum atomic E-state index is 0.982. The number of nitrogens with one attached hydrogen (secondary N) is 1. The Morgan fingerprint density at radius 2 is 2.44 bits per heavy atom. The minimum absolute atomic E-state index is 0.982. The van der Waals surface area contributed by atoms with Crippen molar-refractivity contribution in [1.29, 1.82) is 0 Å². The molecule has 0 amide bonds. The molecule has 1 N–H and O–H groups in total. The number of hydrogen-bond donors (Lipinski definition) is 1. The van der Waals surface area contributed by atoms with Gasteiger partial charge in [0.05, 0.1) is 0 Å². The van der Waals surface area contributed by atoms with Crippen molar-refractivity contribution in [3.63, 3.8) is 0 Å². The highest BCUT2D eigenvalue weighted by molar-refractivity contribution is 14.1. The van der Waals surface area contributed by atoms with Crippen molar-refractivity contribution < 1.29 is 0 Å². The van der Waals surface area contributed by atoms with Crippen LogP contribution in [0.1, 0.15) is 19.3 Å². The molecule has 0 radical (unpaired) electrons. The van der Waals surface area contributed by atoms with E-state index in [9.17, 15) is 0 Å². The molecule has 54 valence electrons. The zero-order valence-electron chi connectivity index (χ0n) is 5.70. The van der Waals surface area contributed by atoms with Gasteiger partial charge in [0, 0.05) is 0 Å². The number of piperidine rings is 1. The number of rotatable bonds is 2. The van der Waals surface area contributed by atoms with Gasteiger partial charge in [-0.25, -0.2) is 0 Å². The maximum atomic E-state index is 3.42. The summed E-state index contributed by atoms with van der Waals surface area (Å²) in [6.07, 6.45) is 4.25. The summed E-state index contributed by atoms with van der Waals surface area (Å²) < 4.78 is 1.32. The molecule has 1 saturated heterocycles. The summed E-state index contributed by atoms with van der Waals surface area (Å²) in [5, 5.41) is 3.42. The van der Waals surface area contributed by atoms with Crippen LogP contribution in [0.5, 0.6) is 0 Å². The van der Waals surface area contributed by atoms with Crippen LogP contribution in [0, 0.1) is 5.92 Å². The van der Waals surface area contributed by atoms with Crippen LogP contribution < -0.4 is 5.32 Å². The van der Waals surface area contributed by atoms with Gasteiger partial charge in [-0.15, -0.1) is 0 Å². The highest BCUT2D eigenvalue weighted by Gasteiger charge is 2.10. The number of hydrogen-bond acceptors (Lipinski definition) is 1. The van der Waals surface area contributed by atoms with Crippen LogP contribution >= 0.6 is 22.6 Å². The maximum Gasteiger partial charge on any atom is -0.000162 e. The molecule has 2 heteroatoms. The molecule has 1 nitrogen and oxygen atoms in total. The Hall–Kier alpha value is 0.690. The third-order valence-corrected chi connectivity index (χ3v) is 2.54. The molecule has 0 aromatic heterocycles. The standard InChI is InChI=1S/C7H14IN/c8-4-3-7-2-1-5-9-6-7/h7,9H,1-6H2/t7-/m1/s1. The molecule has 1 aliphatic heterocycles. The van der Waals surface area contributed by atoms with E-state index in [2.05, 4.69) is 27.9 Å². The smallest absolute Gasteiger partial charge is 0.000162 e. The minimum Gasteiger partial charge on any atom is -0.316 e. The maximum absolute atomic E-state index is 3.42. The van der Waals surface area contributed by atoms with E-state index in [-0.39, 0.29) is 0 Å². The second kappa shape index (κ2) is 4.50. The van der Waals surface area contributed by atoms with E-state index in [1.54, 1.807) is 0 Å². The fourth-order valence-electron chi connectivity index (χ4n) is 1.32. The first kappa shape index (κ1) is 7.79. The van der Waals surface area contributed by atoms with Crippen LogP contribution in [0.4, 0.5) is 0 Å². The molecular formula is C7H14IN. The first-order valence-electron chi connectivity index (χ1n) is 3.70. The molecule has 0 saturated carbocycles. The fraction of sp³-hybridized carbons (Fsp3) is 1.00. The van der Waals surface area contributed by atoms with Crippen LogP contribution in [-0.2, 0) is 0 Å². The molecule has 0 unspecified atom stereocenters. The summed E-state index contributed by atoms with van der Waals surface area (Å²) in [5.74, 6) is 0.982. The second-order valence-corrected chi connectivity index (χ2v) is 3.77. The lowest BCUT2D eigenvalue weighted by Crippen LogP contribution is -2.29. The predicted octanol–water partition coefficient (Wildman–Crippen LogP) is 1.81. The van der Waals surface area contributed by atoms with E-state index in [0.717, 1.165) is 5.92 Å². The van der Waals surface area contributed by atoms with E-state index < -0.39 is 0 Å². The Bertz CT molecular complexity index is 66.6. The van der Waals surface area contributed by atoms with Crippen LogP contribution in [0.15, 0.2) is 0 Å². The SMILES string of the molecule is ICC[C@H]1CCCNC1. The largest absolute Gasteiger partial charge is 0.316 e. The molecule has 1 heterocycles. The summed E-state index contributed by atoms with van der Waals surface area (Å²) in [6, 6.07) is 0. The third kappa shape index (κ3) is 2.85. The van der Waals surface area contributed by atoms with Crippen molar-refractivity contribution in [2.75, 3.05) is 17.5 Å². The first-order chi connectivity index (χ1) is 4.43. The summed E-state index contributed by atoms with van der Waals surface area (Å²) >= 11 is 2.46. The van der Waals surface area contributed by atoms with E-state index in [0.29, 0.717) is 0 Å². The van der Waals surface area contributed by atoms with Gasteiger partial charge < -0.3 is 5.32 Å². The molecule has 1 aliphatic rings. The average molecular weight is 239 g/mol. The van der Waals surface area contributed by atoms with Gasteiger partial charge >= 0.3 is 0 Å². The summed E-state index contributed by atoms with van der Waals surface area (Å²) in [5.41, 5.74) is 0. The van der Waals surface area contributed by atoms with Gasteiger partial charge in [0.1, 0.15) is 0 Å². The van der Waals surface area contributed by atoms with Crippen molar-refractivity contribution in [1.82, 2.24) is 5.32 Å². The molecule has 1 fully saturated rings. The Balaban J connectivity index is 2.08. The van der Waals surface area contributed by atoms with Crippen LogP contribution in [-0.4, -0.2) is 17.5 Å². The number of alkyl halides is 1. The molecule has 0 bridgehead atoms. The zero-order chi connectivity index (χ0) is 6.53. The van der Waals surface area contributed by atoms with Gasteiger partial charge in [-0.1, -0.05) is 22.6 Å². The fourth-order valence-corrected chi connectivity index (χ4v) is 2.21. The Morgan fingerprint density at radius 3 is 3.00 bits per heavy atom. The summed E-state index contributed by atoms with van der Waals surface area (Å²) in [7, 11) is 0. The van der Waals surface area contributed by atoms with Crippen molar-refractivity contribution in [3.8, 4) is 0 Å². The normalized spacial score (nSPS) is 28.3. The predicted molar refractivity (Wildman–Crippen MR) is 49.1 cm³/mol. The van der Waals surface area contributed by atoms with E-state index in [1.165, 1.54) is 36.8 Å². The molecule has 0 aromatic rings. The lowest BCUT2D eigenvalue weighted by atomic mass is 9.97. The number of halogens is 1. The average Bonchev–Trinajstić information content (AvgIpc) is 1.91. The van der Waals surface area contributed by atoms with E-state index in [1.807, 2.05) is 0 Å². The van der Waals surface area contributed by atoms with Gasteiger partial charge in [0.25, 0.3) is 0 Å². The van der Waals surface area contributed by atoms with Gasteiger partial charge in [0.2, 0.25) is 0 Å². The van der Waals surface area contributed by atoms with Gasteiger partial charge in [0.15, 0.2) is 0 Å². The lowest BCUT2D eigenvalue weighted by Gasteiger charge is -2.21. The van der Waals surface area contributed by atoms with Crippen LogP contribution in [0.3, 0.4) is 0 Å².